The van der Waals surface area contributed by atoms with Crippen LogP contribution in [0.15, 0.2) is 54.6 Å². The van der Waals surface area contributed by atoms with Gasteiger partial charge in [-0.25, -0.2) is 0 Å². The molecule has 2 amide bonds. The smallest absolute Gasteiger partial charge is 0.234 e. The van der Waals surface area contributed by atoms with Gasteiger partial charge in [0.05, 0.1) is 38.8 Å². The van der Waals surface area contributed by atoms with Crippen molar-refractivity contribution in [2.24, 2.45) is 11.8 Å². The monoisotopic (exact) mass is 432 g/mol. The zero-order valence-electron chi connectivity index (χ0n) is 18.5. The highest BCUT2D eigenvalue weighted by molar-refractivity contribution is 6.05. The highest BCUT2D eigenvalue weighted by Crippen LogP contribution is 2.42. The summed E-state index contributed by atoms with van der Waals surface area (Å²) in [6, 6.07) is 14.2. The summed E-state index contributed by atoms with van der Waals surface area (Å²) in [5.74, 6) is 0.921. The minimum Gasteiger partial charge on any atom is -0.493 e. The number of nitrogens with zero attached hydrogens (tertiary/aromatic N) is 2. The third-order valence-electron chi connectivity index (χ3n) is 7.01. The van der Waals surface area contributed by atoms with E-state index in [1.807, 2.05) is 42.5 Å². The second-order valence-corrected chi connectivity index (χ2v) is 8.68. The number of hydrogen-bond donors (Lipinski definition) is 0. The molecule has 3 unspecified atom stereocenters. The van der Waals surface area contributed by atoms with Crippen LogP contribution in [0.5, 0.6) is 11.5 Å². The fourth-order valence-corrected chi connectivity index (χ4v) is 5.37. The zero-order valence-corrected chi connectivity index (χ0v) is 18.5. The molecule has 0 spiro atoms. The van der Waals surface area contributed by atoms with Crippen LogP contribution in [0.2, 0.25) is 0 Å². The Labute approximate surface area is 188 Å². The van der Waals surface area contributed by atoms with Crippen molar-refractivity contribution in [1.82, 2.24) is 9.80 Å². The lowest BCUT2D eigenvalue weighted by molar-refractivity contribution is -0.143. The number of ether oxygens (including phenoxy) is 2. The average molecular weight is 433 g/mol. The Balaban J connectivity index is 1.52. The summed E-state index contributed by atoms with van der Waals surface area (Å²) in [5, 5.41) is 0. The summed E-state index contributed by atoms with van der Waals surface area (Å²) < 4.78 is 11.1. The average Bonchev–Trinajstić information content (AvgIpc) is 3.08. The largest absolute Gasteiger partial charge is 0.493 e. The maximum atomic E-state index is 13.1. The summed E-state index contributed by atoms with van der Waals surface area (Å²) in [5.41, 5.74) is 3.45. The van der Waals surface area contributed by atoms with Crippen molar-refractivity contribution in [2.45, 2.75) is 25.3 Å². The van der Waals surface area contributed by atoms with E-state index in [0.717, 1.165) is 24.1 Å². The molecule has 1 fully saturated rings. The number of carbonyl (C=O) groups is 2. The standard InChI is InChI=1S/C26H28N2O4/c1-31-22-14-18-12-13-27(16-28-25(29)19-10-6-7-11-20(19)26(28)30)24(17-8-4-3-5-9-17)21(18)15-23(22)32-2/h3-9,14-15,19-20,24H,10-13,16H2,1-2H3. The van der Waals surface area contributed by atoms with Gasteiger partial charge >= 0.3 is 0 Å². The van der Waals surface area contributed by atoms with Gasteiger partial charge in [-0.15, -0.1) is 0 Å². The van der Waals surface area contributed by atoms with E-state index in [0.29, 0.717) is 31.0 Å². The van der Waals surface area contributed by atoms with Gasteiger partial charge in [-0.3, -0.25) is 19.4 Å². The molecule has 2 heterocycles. The van der Waals surface area contributed by atoms with Gasteiger partial charge < -0.3 is 9.47 Å². The van der Waals surface area contributed by atoms with Crippen LogP contribution in [0.3, 0.4) is 0 Å². The van der Waals surface area contributed by atoms with Crippen molar-refractivity contribution in [1.29, 1.82) is 0 Å². The second kappa shape index (κ2) is 8.43. The number of amides is 2. The molecule has 1 saturated heterocycles. The van der Waals surface area contributed by atoms with Crippen LogP contribution in [0, 0.1) is 11.8 Å². The third kappa shape index (κ3) is 3.39. The van der Waals surface area contributed by atoms with Crippen LogP contribution >= 0.6 is 0 Å². The Morgan fingerprint density at radius 3 is 2.16 bits per heavy atom. The molecule has 6 heteroatoms. The van der Waals surface area contributed by atoms with E-state index in [4.69, 9.17) is 9.47 Å². The fourth-order valence-electron chi connectivity index (χ4n) is 5.37. The van der Waals surface area contributed by atoms with Gasteiger partial charge in [0.15, 0.2) is 11.5 Å². The molecule has 3 atom stereocenters. The molecular formula is C26H28N2O4. The van der Waals surface area contributed by atoms with Crippen LogP contribution in [-0.2, 0) is 16.0 Å². The van der Waals surface area contributed by atoms with Gasteiger partial charge in [-0.1, -0.05) is 42.5 Å². The molecule has 166 valence electrons. The van der Waals surface area contributed by atoms with Crippen molar-refractivity contribution < 1.29 is 19.1 Å². The maximum Gasteiger partial charge on any atom is 0.234 e. The van der Waals surface area contributed by atoms with Crippen molar-refractivity contribution in [3.05, 3.63) is 71.3 Å². The summed E-state index contributed by atoms with van der Waals surface area (Å²) in [7, 11) is 3.28. The lowest BCUT2D eigenvalue weighted by Crippen LogP contribution is -2.46. The molecule has 0 bridgehead atoms. The molecule has 2 aromatic carbocycles. The number of benzene rings is 2. The quantitative estimate of drug-likeness (QED) is 0.534. The third-order valence-corrected chi connectivity index (χ3v) is 7.01. The molecule has 0 saturated carbocycles. The number of carbonyl (C=O) groups excluding carboxylic acids is 2. The molecule has 6 nitrogen and oxygen atoms in total. The first-order valence-electron chi connectivity index (χ1n) is 11.2. The van der Waals surface area contributed by atoms with Crippen LogP contribution in [-0.4, -0.2) is 49.0 Å². The molecule has 0 N–H and O–H groups in total. The predicted octanol–water partition coefficient (Wildman–Crippen LogP) is 3.56. The molecule has 5 rings (SSSR count). The number of rotatable bonds is 5. The molecule has 32 heavy (non-hydrogen) atoms. The van der Waals surface area contributed by atoms with Gasteiger partial charge in [0, 0.05) is 6.54 Å². The number of allylic oxidation sites excluding steroid dienone is 2. The van der Waals surface area contributed by atoms with Gasteiger partial charge in [-0.05, 0) is 48.1 Å². The number of likely N-dealkylation sites (tertiary alicyclic amines) is 1. The molecule has 1 aliphatic carbocycles. The van der Waals surface area contributed by atoms with Crippen molar-refractivity contribution >= 4 is 11.8 Å². The van der Waals surface area contributed by atoms with Crippen molar-refractivity contribution in [3.8, 4) is 11.5 Å². The molecule has 2 aromatic rings. The first-order chi connectivity index (χ1) is 15.6. The Morgan fingerprint density at radius 1 is 0.906 bits per heavy atom. The van der Waals surface area contributed by atoms with E-state index < -0.39 is 0 Å². The van der Waals surface area contributed by atoms with Gasteiger partial charge in [-0.2, -0.15) is 0 Å². The summed E-state index contributed by atoms with van der Waals surface area (Å²) >= 11 is 0. The summed E-state index contributed by atoms with van der Waals surface area (Å²) in [4.78, 5) is 29.9. The Kier molecular flexibility index (Phi) is 5.47. The van der Waals surface area contributed by atoms with E-state index in [2.05, 4.69) is 17.0 Å². The Bertz CT molecular complexity index is 1040. The number of imide groups is 1. The SMILES string of the molecule is COc1cc2c(cc1OC)C(c1ccccc1)N(CN1C(=O)C3CC=CCC3C1=O)CC2. The van der Waals surface area contributed by atoms with E-state index in [-0.39, 0.29) is 29.7 Å². The summed E-state index contributed by atoms with van der Waals surface area (Å²) in [6.45, 7) is 1.05. The lowest BCUT2D eigenvalue weighted by Gasteiger charge is -2.39. The van der Waals surface area contributed by atoms with E-state index in [1.165, 1.54) is 10.5 Å². The number of hydrogen-bond acceptors (Lipinski definition) is 5. The zero-order chi connectivity index (χ0) is 22.2. The van der Waals surface area contributed by atoms with Crippen LogP contribution in [0.1, 0.15) is 35.6 Å². The molecule has 3 aliphatic rings. The van der Waals surface area contributed by atoms with Crippen LogP contribution < -0.4 is 9.47 Å². The Hall–Kier alpha value is -3.12. The van der Waals surface area contributed by atoms with Crippen molar-refractivity contribution in [3.63, 3.8) is 0 Å². The van der Waals surface area contributed by atoms with Gasteiger partial charge in [0.2, 0.25) is 11.8 Å². The topological polar surface area (TPSA) is 59.1 Å². The first-order valence-corrected chi connectivity index (χ1v) is 11.2. The predicted molar refractivity (Wildman–Crippen MR) is 120 cm³/mol. The lowest BCUT2D eigenvalue weighted by atomic mass is 9.85. The Morgan fingerprint density at radius 2 is 1.53 bits per heavy atom. The second-order valence-electron chi connectivity index (χ2n) is 8.68. The van der Waals surface area contributed by atoms with Crippen molar-refractivity contribution in [2.75, 3.05) is 27.4 Å². The van der Waals surface area contributed by atoms with E-state index in [1.54, 1.807) is 14.2 Å². The highest BCUT2D eigenvalue weighted by Gasteiger charge is 2.48. The summed E-state index contributed by atoms with van der Waals surface area (Å²) in [6.07, 6.45) is 6.18. The molecule has 0 aromatic heterocycles. The molecule has 2 aliphatic heterocycles. The van der Waals surface area contributed by atoms with Gasteiger partial charge in [0.25, 0.3) is 0 Å². The number of methoxy groups -OCH3 is 2. The van der Waals surface area contributed by atoms with E-state index in [9.17, 15) is 9.59 Å². The van der Waals surface area contributed by atoms with E-state index >= 15 is 0 Å². The first kappa shape index (κ1) is 20.8. The molecular weight excluding hydrogens is 404 g/mol. The highest BCUT2D eigenvalue weighted by atomic mass is 16.5. The fraction of sp³-hybridized carbons (Fsp3) is 0.385. The maximum absolute atomic E-state index is 13.1. The van der Waals surface area contributed by atoms with Gasteiger partial charge in [0.1, 0.15) is 0 Å². The minimum absolute atomic E-state index is 0.0331. The van der Waals surface area contributed by atoms with Crippen LogP contribution in [0.4, 0.5) is 0 Å². The number of fused-ring (bicyclic) bond motifs is 2. The van der Waals surface area contributed by atoms with Crippen LogP contribution in [0.25, 0.3) is 0 Å². The minimum atomic E-state index is -0.205. The normalized spacial score (nSPS) is 24.9. The molecule has 0 radical (unpaired) electrons.